The Kier molecular flexibility index (Phi) is 3.41. The molecule has 1 N–H and O–H groups in total. The van der Waals surface area contributed by atoms with Crippen molar-refractivity contribution in [2.24, 2.45) is 0 Å². The van der Waals surface area contributed by atoms with Crippen LogP contribution >= 0.6 is 11.3 Å². The second-order valence-corrected chi connectivity index (χ2v) is 5.77. The number of Topliss-reactive ketones (excluding diaryl/α,β-unsaturated/α-hetero) is 1. The molecule has 1 heterocycles. The Bertz CT molecular complexity index is 408. The summed E-state index contributed by atoms with van der Waals surface area (Å²) in [6.07, 6.45) is 0. The highest BCUT2D eigenvalue weighted by Crippen LogP contribution is 2.15. The molecule has 1 aromatic heterocycles. The van der Waals surface area contributed by atoms with E-state index < -0.39 is 16.1 Å². The number of hydrogen-bond donors (Lipinski definition) is 1. The van der Waals surface area contributed by atoms with Crippen LogP contribution in [0.1, 0.15) is 13.8 Å². The maximum absolute atomic E-state index is 11.6. The van der Waals surface area contributed by atoms with Gasteiger partial charge in [-0.2, -0.15) is 0 Å². The summed E-state index contributed by atoms with van der Waals surface area (Å²) in [6, 6.07) is 2.47. The Hall–Kier alpha value is -0.720. The molecular weight excluding hydrogens is 222 g/mol. The van der Waals surface area contributed by atoms with Gasteiger partial charge >= 0.3 is 0 Å². The van der Waals surface area contributed by atoms with E-state index in [1.165, 1.54) is 19.9 Å². The number of ketones is 1. The first-order chi connectivity index (χ1) is 6.43. The summed E-state index contributed by atoms with van der Waals surface area (Å²) in [4.78, 5) is 10.9. The average molecular weight is 233 g/mol. The van der Waals surface area contributed by atoms with Gasteiger partial charge in [0.25, 0.3) is 10.0 Å². The van der Waals surface area contributed by atoms with E-state index in [1.807, 2.05) is 0 Å². The van der Waals surface area contributed by atoms with Crippen LogP contribution < -0.4 is 4.72 Å². The van der Waals surface area contributed by atoms with E-state index in [9.17, 15) is 13.2 Å². The molecule has 0 radical (unpaired) electrons. The Labute approximate surface area is 87.0 Å². The number of hydrogen-bond acceptors (Lipinski definition) is 4. The Balaban J connectivity index is 2.84. The van der Waals surface area contributed by atoms with E-state index in [1.54, 1.807) is 11.4 Å². The molecule has 4 nitrogen and oxygen atoms in total. The van der Waals surface area contributed by atoms with Crippen molar-refractivity contribution in [1.82, 2.24) is 4.72 Å². The molecule has 0 aliphatic rings. The smallest absolute Gasteiger partial charge is 0.250 e. The minimum atomic E-state index is -3.51. The van der Waals surface area contributed by atoms with Gasteiger partial charge in [-0.05, 0) is 25.3 Å². The van der Waals surface area contributed by atoms with Crippen molar-refractivity contribution < 1.29 is 13.2 Å². The molecular formula is C8H11NO3S2. The van der Waals surface area contributed by atoms with E-state index in [0.717, 1.165) is 11.3 Å². The molecule has 0 aromatic carbocycles. The third-order valence-corrected chi connectivity index (χ3v) is 4.64. The normalized spacial score (nSPS) is 13.9. The number of thiophene rings is 1. The van der Waals surface area contributed by atoms with E-state index in [2.05, 4.69) is 4.72 Å². The predicted octanol–water partition coefficient (Wildman–Crippen LogP) is 1.00. The molecule has 0 saturated heterocycles. The lowest BCUT2D eigenvalue weighted by atomic mass is 10.3. The van der Waals surface area contributed by atoms with Crippen molar-refractivity contribution in [2.45, 2.75) is 24.1 Å². The molecule has 78 valence electrons. The molecule has 1 unspecified atom stereocenters. The zero-order valence-electron chi connectivity index (χ0n) is 7.85. The summed E-state index contributed by atoms with van der Waals surface area (Å²) in [5.74, 6) is -0.204. The van der Waals surface area contributed by atoms with Gasteiger partial charge in [-0.25, -0.2) is 13.1 Å². The zero-order chi connectivity index (χ0) is 10.8. The predicted molar refractivity (Wildman–Crippen MR) is 54.8 cm³/mol. The highest BCUT2D eigenvalue weighted by Gasteiger charge is 2.20. The molecule has 1 rings (SSSR count). The second kappa shape index (κ2) is 4.20. The van der Waals surface area contributed by atoms with Crippen LogP contribution in [-0.4, -0.2) is 20.2 Å². The van der Waals surface area contributed by atoms with E-state index in [0.29, 0.717) is 0 Å². The number of carbonyl (C=O) groups is 1. The van der Waals surface area contributed by atoms with Gasteiger partial charge in [-0.1, -0.05) is 6.07 Å². The molecule has 0 spiro atoms. The first kappa shape index (κ1) is 11.4. The van der Waals surface area contributed by atoms with Crippen LogP contribution in [0, 0.1) is 0 Å². The van der Waals surface area contributed by atoms with Gasteiger partial charge in [0.2, 0.25) is 0 Å². The standard InChI is InChI=1S/C8H11NO3S2/c1-6(7(2)10)9-14(11,12)8-4-3-5-13-8/h3-6,9H,1-2H3. The fraction of sp³-hybridized carbons (Fsp3) is 0.375. The van der Waals surface area contributed by atoms with Gasteiger partial charge in [0.05, 0.1) is 6.04 Å². The van der Waals surface area contributed by atoms with E-state index in [4.69, 9.17) is 0 Å². The van der Waals surface area contributed by atoms with Crippen LogP contribution in [0.25, 0.3) is 0 Å². The first-order valence-corrected chi connectivity index (χ1v) is 6.36. The summed E-state index contributed by atoms with van der Waals surface area (Å²) >= 11 is 1.12. The fourth-order valence-electron chi connectivity index (χ4n) is 0.790. The van der Waals surface area contributed by atoms with Gasteiger partial charge in [-0.3, -0.25) is 4.79 Å². The number of sulfonamides is 1. The number of rotatable bonds is 4. The SMILES string of the molecule is CC(=O)C(C)NS(=O)(=O)c1cccs1. The number of carbonyl (C=O) groups excluding carboxylic acids is 1. The first-order valence-electron chi connectivity index (χ1n) is 4.00. The van der Waals surface area contributed by atoms with Crippen LogP contribution in [0.3, 0.4) is 0 Å². The molecule has 1 atom stereocenters. The van der Waals surface area contributed by atoms with Crippen LogP contribution in [-0.2, 0) is 14.8 Å². The molecule has 14 heavy (non-hydrogen) atoms. The molecule has 0 fully saturated rings. The van der Waals surface area contributed by atoms with Gasteiger partial charge < -0.3 is 0 Å². The maximum atomic E-state index is 11.6. The minimum Gasteiger partial charge on any atom is -0.298 e. The molecule has 0 amide bonds. The second-order valence-electron chi connectivity index (χ2n) is 2.89. The van der Waals surface area contributed by atoms with E-state index in [-0.39, 0.29) is 9.99 Å². The van der Waals surface area contributed by atoms with Crippen LogP contribution in [0.15, 0.2) is 21.7 Å². The maximum Gasteiger partial charge on any atom is 0.250 e. The van der Waals surface area contributed by atoms with Crippen molar-refractivity contribution >= 4 is 27.1 Å². The minimum absolute atomic E-state index is 0.204. The topological polar surface area (TPSA) is 63.2 Å². The largest absolute Gasteiger partial charge is 0.298 e. The highest BCUT2D eigenvalue weighted by molar-refractivity contribution is 7.91. The van der Waals surface area contributed by atoms with Crippen molar-refractivity contribution in [3.05, 3.63) is 17.5 Å². The highest BCUT2D eigenvalue weighted by atomic mass is 32.2. The summed E-state index contributed by atoms with van der Waals surface area (Å²) < 4.78 is 25.6. The average Bonchev–Trinajstić information content (AvgIpc) is 2.54. The van der Waals surface area contributed by atoms with Gasteiger partial charge in [0.1, 0.15) is 9.99 Å². The molecule has 0 bridgehead atoms. The Morgan fingerprint density at radius 2 is 2.21 bits per heavy atom. The summed E-state index contributed by atoms with van der Waals surface area (Å²) in [5, 5.41) is 1.67. The third-order valence-electron chi connectivity index (χ3n) is 1.70. The molecule has 1 aromatic rings. The lowest BCUT2D eigenvalue weighted by Gasteiger charge is -2.09. The molecule has 0 saturated carbocycles. The van der Waals surface area contributed by atoms with Crippen LogP contribution in [0.2, 0.25) is 0 Å². The summed E-state index contributed by atoms with van der Waals surface area (Å²) in [5.41, 5.74) is 0. The summed E-state index contributed by atoms with van der Waals surface area (Å²) in [7, 11) is -3.51. The summed E-state index contributed by atoms with van der Waals surface area (Å²) in [6.45, 7) is 2.87. The number of nitrogens with one attached hydrogen (secondary N) is 1. The third kappa shape index (κ3) is 2.63. The van der Waals surface area contributed by atoms with Gasteiger partial charge in [0.15, 0.2) is 0 Å². The van der Waals surface area contributed by atoms with Crippen molar-refractivity contribution in [1.29, 1.82) is 0 Å². The van der Waals surface area contributed by atoms with E-state index >= 15 is 0 Å². The van der Waals surface area contributed by atoms with Crippen LogP contribution in [0.5, 0.6) is 0 Å². The molecule has 0 aliphatic heterocycles. The van der Waals surface area contributed by atoms with Crippen molar-refractivity contribution in [3.63, 3.8) is 0 Å². The lowest BCUT2D eigenvalue weighted by Crippen LogP contribution is -2.36. The molecule has 0 aliphatic carbocycles. The Morgan fingerprint density at radius 1 is 1.57 bits per heavy atom. The van der Waals surface area contributed by atoms with Gasteiger partial charge in [0, 0.05) is 0 Å². The Morgan fingerprint density at radius 3 is 2.64 bits per heavy atom. The van der Waals surface area contributed by atoms with Crippen molar-refractivity contribution in [2.75, 3.05) is 0 Å². The zero-order valence-corrected chi connectivity index (χ0v) is 9.48. The van der Waals surface area contributed by atoms with Crippen LogP contribution in [0.4, 0.5) is 0 Å². The lowest BCUT2D eigenvalue weighted by molar-refractivity contribution is -0.118. The van der Waals surface area contributed by atoms with Crippen molar-refractivity contribution in [3.8, 4) is 0 Å². The van der Waals surface area contributed by atoms with Gasteiger partial charge in [-0.15, -0.1) is 11.3 Å². The quantitative estimate of drug-likeness (QED) is 0.844. The molecule has 6 heteroatoms. The fourth-order valence-corrected chi connectivity index (χ4v) is 3.06. The monoisotopic (exact) mass is 233 g/mol.